The second kappa shape index (κ2) is 21.4. The molecule has 0 aliphatic heterocycles. The first-order valence-electron chi connectivity index (χ1n) is 9.93. The standard InChI is InChI=1S/C16H36P.2C2H4O2/c1-5-9-13-17(14-10-6-2,15-11-7-3)16-12-8-4;2*1-2(3)4/h5-16H2,1-4H3;2*1H3,(H,3,4)/q+1;;/p-1. The third-order valence-electron chi connectivity index (χ3n) is 3.94. The average Bonchev–Trinajstić information content (AvgIpc) is 2.52. The van der Waals surface area contributed by atoms with E-state index < -0.39 is 19.2 Å². The van der Waals surface area contributed by atoms with Gasteiger partial charge in [0.1, 0.15) is 0 Å². The average molecular weight is 379 g/mol. The van der Waals surface area contributed by atoms with Crippen molar-refractivity contribution in [2.24, 2.45) is 0 Å². The van der Waals surface area contributed by atoms with E-state index in [9.17, 15) is 0 Å². The van der Waals surface area contributed by atoms with Crippen LogP contribution in [0.1, 0.15) is 92.9 Å². The summed E-state index contributed by atoms with van der Waals surface area (Å²) in [4.78, 5) is 17.9. The molecule has 4 nitrogen and oxygen atoms in total. The van der Waals surface area contributed by atoms with E-state index in [1.165, 1.54) is 51.4 Å². The van der Waals surface area contributed by atoms with Crippen LogP contribution in [0.15, 0.2) is 0 Å². The van der Waals surface area contributed by atoms with E-state index in [0.717, 1.165) is 13.8 Å². The van der Waals surface area contributed by atoms with Gasteiger partial charge < -0.3 is 15.0 Å². The Bertz CT molecular complexity index is 249. The Morgan fingerprint density at radius 3 is 1.00 bits per heavy atom. The highest BCUT2D eigenvalue weighted by Gasteiger charge is 2.34. The van der Waals surface area contributed by atoms with Gasteiger partial charge in [-0.2, -0.15) is 0 Å². The first-order valence-corrected chi connectivity index (χ1v) is 12.5. The summed E-state index contributed by atoms with van der Waals surface area (Å²) < 4.78 is 0. The second-order valence-electron chi connectivity index (χ2n) is 6.66. The normalized spacial score (nSPS) is 10.2. The molecule has 0 saturated heterocycles. The molecule has 0 amide bonds. The monoisotopic (exact) mass is 378 g/mol. The van der Waals surface area contributed by atoms with Crippen LogP contribution in [0.5, 0.6) is 0 Å². The van der Waals surface area contributed by atoms with Crippen molar-refractivity contribution in [3.63, 3.8) is 0 Å². The highest BCUT2D eigenvalue weighted by Crippen LogP contribution is 2.61. The van der Waals surface area contributed by atoms with E-state index in [0.29, 0.717) is 0 Å². The van der Waals surface area contributed by atoms with Gasteiger partial charge in [-0.25, -0.2) is 0 Å². The first kappa shape index (κ1) is 29.1. The van der Waals surface area contributed by atoms with E-state index >= 15 is 0 Å². The first-order chi connectivity index (χ1) is 11.7. The van der Waals surface area contributed by atoms with Crippen molar-refractivity contribution in [2.75, 3.05) is 24.6 Å². The molecule has 0 unspecified atom stereocenters. The van der Waals surface area contributed by atoms with Crippen LogP contribution in [-0.4, -0.2) is 41.7 Å². The Kier molecular flexibility index (Phi) is 25.0. The molecule has 0 bridgehead atoms. The van der Waals surface area contributed by atoms with Gasteiger partial charge in [0.15, 0.2) is 0 Å². The van der Waals surface area contributed by atoms with Gasteiger partial charge in [0, 0.05) is 20.2 Å². The van der Waals surface area contributed by atoms with Gasteiger partial charge in [-0.15, -0.1) is 0 Å². The minimum absolute atomic E-state index is 0.562. The summed E-state index contributed by atoms with van der Waals surface area (Å²) in [6, 6.07) is 0. The molecule has 25 heavy (non-hydrogen) atoms. The van der Waals surface area contributed by atoms with Crippen LogP contribution in [0.4, 0.5) is 0 Å². The molecule has 0 rings (SSSR count). The molecule has 0 saturated carbocycles. The fraction of sp³-hybridized carbons (Fsp3) is 0.900. The number of hydrogen-bond acceptors (Lipinski definition) is 3. The highest BCUT2D eigenvalue weighted by atomic mass is 31.2. The summed E-state index contributed by atoms with van der Waals surface area (Å²) >= 11 is 0. The largest absolute Gasteiger partial charge is 0.550 e. The zero-order valence-electron chi connectivity index (χ0n) is 17.6. The Morgan fingerprint density at radius 1 is 0.720 bits per heavy atom. The van der Waals surface area contributed by atoms with Crippen molar-refractivity contribution in [2.45, 2.75) is 92.9 Å². The zero-order chi connectivity index (χ0) is 20.1. The predicted octanol–water partition coefficient (Wildman–Crippen LogP) is 5.05. The van der Waals surface area contributed by atoms with Crippen LogP contribution in [0.2, 0.25) is 0 Å². The number of carbonyl (C=O) groups is 2. The Hall–Kier alpha value is -0.630. The Labute approximate surface area is 157 Å². The summed E-state index contributed by atoms with van der Waals surface area (Å²) in [5.74, 6) is -1.92. The molecule has 0 spiro atoms. The minimum Gasteiger partial charge on any atom is -0.550 e. The van der Waals surface area contributed by atoms with Crippen molar-refractivity contribution in [1.29, 1.82) is 0 Å². The van der Waals surface area contributed by atoms with E-state index in [2.05, 4.69) is 27.7 Å². The summed E-state index contributed by atoms with van der Waals surface area (Å²) in [5.41, 5.74) is 0. The number of carboxylic acids is 2. The lowest BCUT2D eigenvalue weighted by Gasteiger charge is -2.28. The molecule has 0 aromatic heterocycles. The van der Waals surface area contributed by atoms with Gasteiger partial charge in [-0.3, -0.25) is 4.79 Å². The third-order valence-corrected chi connectivity index (χ3v) is 9.00. The van der Waals surface area contributed by atoms with Crippen LogP contribution < -0.4 is 5.11 Å². The summed E-state index contributed by atoms with van der Waals surface area (Å²) in [6.45, 7) is 11.5. The minimum atomic E-state index is -1.08. The maximum absolute atomic E-state index is 9.00. The number of carbonyl (C=O) groups excluding carboxylic acids is 1. The lowest BCUT2D eigenvalue weighted by atomic mass is 10.4. The molecular formula is C20H43O4P. The molecule has 0 aliphatic carbocycles. The lowest BCUT2D eigenvalue weighted by Crippen LogP contribution is -2.16. The topological polar surface area (TPSA) is 77.4 Å². The Balaban J connectivity index is -0.000000503. The quantitative estimate of drug-likeness (QED) is 0.482. The van der Waals surface area contributed by atoms with Gasteiger partial charge in [0.2, 0.25) is 0 Å². The molecular weight excluding hydrogens is 335 g/mol. The maximum Gasteiger partial charge on any atom is 0.300 e. The van der Waals surface area contributed by atoms with E-state index in [1.807, 2.05) is 0 Å². The van der Waals surface area contributed by atoms with Gasteiger partial charge >= 0.3 is 0 Å². The molecule has 152 valence electrons. The fourth-order valence-electron chi connectivity index (χ4n) is 2.64. The SMILES string of the molecule is CC(=O)O.CC(=O)[O-].CCCC[P+](CCCC)(CCCC)CCCC. The Morgan fingerprint density at radius 2 is 0.880 bits per heavy atom. The van der Waals surface area contributed by atoms with Crippen LogP contribution in [0.3, 0.4) is 0 Å². The van der Waals surface area contributed by atoms with Gasteiger partial charge in [0.25, 0.3) is 5.97 Å². The molecule has 0 atom stereocenters. The van der Waals surface area contributed by atoms with Crippen LogP contribution in [0, 0.1) is 0 Å². The molecule has 0 aromatic rings. The number of hydrogen-bond donors (Lipinski definition) is 1. The molecule has 1 N–H and O–H groups in total. The van der Waals surface area contributed by atoms with Gasteiger partial charge in [-0.05, 0) is 32.6 Å². The molecule has 0 heterocycles. The van der Waals surface area contributed by atoms with Crippen LogP contribution >= 0.6 is 7.26 Å². The van der Waals surface area contributed by atoms with Crippen molar-refractivity contribution in [3.8, 4) is 0 Å². The van der Waals surface area contributed by atoms with E-state index in [-0.39, 0.29) is 0 Å². The summed E-state index contributed by atoms with van der Waals surface area (Å²) in [5, 5.41) is 16.3. The van der Waals surface area contributed by atoms with Crippen molar-refractivity contribution >= 4 is 19.2 Å². The van der Waals surface area contributed by atoms with Gasteiger partial charge in [-0.1, -0.05) is 53.4 Å². The van der Waals surface area contributed by atoms with E-state index in [1.54, 1.807) is 24.6 Å². The van der Waals surface area contributed by atoms with E-state index in [4.69, 9.17) is 19.8 Å². The van der Waals surface area contributed by atoms with Crippen molar-refractivity contribution in [1.82, 2.24) is 0 Å². The van der Waals surface area contributed by atoms with Gasteiger partial charge in [0.05, 0.1) is 24.6 Å². The summed E-state index contributed by atoms with van der Waals surface area (Å²) in [7, 11) is -0.562. The molecule has 5 heteroatoms. The fourth-order valence-corrected chi connectivity index (χ4v) is 7.93. The third kappa shape index (κ3) is 28.4. The number of unbranched alkanes of at least 4 members (excludes halogenated alkanes) is 4. The number of rotatable bonds is 12. The maximum atomic E-state index is 9.00. The number of aliphatic carboxylic acids is 2. The molecule has 0 aliphatic rings. The molecule has 0 radical (unpaired) electrons. The molecule has 0 fully saturated rings. The lowest BCUT2D eigenvalue weighted by molar-refractivity contribution is -0.302. The van der Waals surface area contributed by atoms with Crippen molar-refractivity contribution in [3.05, 3.63) is 0 Å². The zero-order valence-corrected chi connectivity index (χ0v) is 18.5. The number of carboxylic acid groups (broad SMARTS) is 2. The summed E-state index contributed by atoms with van der Waals surface area (Å²) in [6.07, 6.45) is 17.9. The molecule has 0 aromatic carbocycles. The van der Waals surface area contributed by atoms with Crippen LogP contribution in [-0.2, 0) is 9.59 Å². The second-order valence-corrected chi connectivity index (χ2v) is 11.1. The smallest absolute Gasteiger partial charge is 0.300 e. The predicted molar refractivity (Wildman–Crippen MR) is 110 cm³/mol. The van der Waals surface area contributed by atoms with Crippen LogP contribution in [0.25, 0.3) is 0 Å². The van der Waals surface area contributed by atoms with Crippen molar-refractivity contribution < 1.29 is 19.8 Å². The highest BCUT2D eigenvalue weighted by molar-refractivity contribution is 7.75.